The van der Waals surface area contributed by atoms with Crippen molar-refractivity contribution in [2.75, 3.05) is 25.6 Å². The summed E-state index contributed by atoms with van der Waals surface area (Å²) in [5.41, 5.74) is 6.56. The molecule has 1 aliphatic heterocycles. The van der Waals surface area contributed by atoms with Gasteiger partial charge in [0.25, 0.3) is 0 Å². The van der Waals surface area contributed by atoms with Gasteiger partial charge in [-0.25, -0.2) is 0 Å². The fourth-order valence-corrected chi connectivity index (χ4v) is 1.96. The highest BCUT2D eigenvalue weighted by Crippen LogP contribution is 2.29. The van der Waals surface area contributed by atoms with Crippen molar-refractivity contribution in [3.05, 3.63) is 18.2 Å². The minimum absolute atomic E-state index is 0.232. The summed E-state index contributed by atoms with van der Waals surface area (Å²) in [6.45, 7) is 6.43. The maximum absolute atomic E-state index is 5.94. The molecule has 2 rings (SSSR count). The number of nitrogen functional groups attached to an aromatic ring is 1. The van der Waals surface area contributed by atoms with E-state index in [2.05, 4.69) is 13.8 Å². The van der Waals surface area contributed by atoms with Gasteiger partial charge in [0.05, 0.1) is 25.5 Å². The lowest BCUT2D eigenvalue weighted by Crippen LogP contribution is -2.25. The van der Waals surface area contributed by atoms with Gasteiger partial charge < -0.3 is 19.9 Å². The summed E-state index contributed by atoms with van der Waals surface area (Å²) in [4.78, 5) is 0. The van der Waals surface area contributed by atoms with Gasteiger partial charge in [0, 0.05) is 18.9 Å². The molecule has 1 aromatic carbocycles. The summed E-state index contributed by atoms with van der Waals surface area (Å²) in [6.07, 6.45) is 2.11. The van der Waals surface area contributed by atoms with E-state index in [9.17, 15) is 0 Å². The predicted molar refractivity (Wildman–Crippen MR) is 75.7 cm³/mol. The molecule has 0 bridgehead atoms. The maximum Gasteiger partial charge on any atom is 0.145 e. The van der Waals surface area contributed by atoms with Gasteiger partial charge in [-0.05, 0) is 18.1 Å². The number of benzene rings is 1. The number of hydrogen-bond donors (Lipinski definition) is 1. The molecule has 0 saturated carbocycles. The molecule has 0 aliphatic carbocycles. The standard InChI is InChI=1S/C15H23NO3/c1-11(2)10-18-15-9-13(3-4-14(15)16)19-12-5-7-17-8-6-12/h3-4,9,11-12H,5-8,10,16H2,1-2H3. The molecule has 0 radical (unpaired) electrons. The van der Waals surface area contributed by atoms with E-state index >= 15 is 0 Å². The van der Waals surface area contributed by atoms with Crippen LogP contribution in [0.15, 0.2) is 18.2 Å². The Balaban J connectivity index is 1.98. The highest BCUT2D eigenvalue weighted by molar-refractivity contribution is 5.55. The molecule has 4 heteroatoms. The molecule has 0 unspecified atom stereocenters. The summed E-state index contributed by atoms with van der Waals surface area (Å²) in [7, 11) is 0. The number of anilines is 1. The third-order valence-corrected chi connectivity index (χ3v) is 3.03. The zero-order chi connectivity index (χ0) is 13.7. The third kappa shape index (κ3) is 4.31. The van der Waals surface area contributed by atoms with E-state index in [4.69, 9.17) is 19.9 Å². The van der Waals surface area contributed by atoms with E-state index in [0.717, 1.165) is 31.8 Å². The van der Waals surface area contributed by atoms with Crippen LogP contribution in [0.3, 0.4) is 0 Å². The van der Waals surface area contributed by atoms with Gasteiger partial charge >= 0.3 is 0 Å². The van der Waals surface area contributed by atoms with Gasteiger partial charge in [-0.15, -0.1) is 0 Å². The van der Waals surface area contributed by atoms with Crippen LogP contribution < -0.4 is 15.2 Å². The van der Waals surface area contributed by atoms with Crippen molar-refractivity contribution in [3.8, 4) is 11.5 Å². The lowest BCUT2D eigenvalue weighted by atomic mass is 10.1. The first-order valence-corrected chi connectivity index (χ1v) is 6.92. The molecule has 0 amide bonds. The summed E-state index contributed by atoms with van der Waals surface area (Å²) >= 11 is 0. The summed E-state index contributed by atoms with van der Waals surface area (Å²) < 4.78 is 17.0. The first-order chi connectivity index (χ1) is 9.15. The van der Waals surface area contributed by atoms with E-state index in [1.807, 2.05) is 18.2 Å². The first-order valence-electron chi connectivity index (χ1n) is 6.92. The minimum atomic E-state index is 0.232. The van der Waals surface area contributed by atoms with Gasteiger partial charge in [0.15, 0.2) is 0 Å². The first kappa shape index (κ1) is 14.0. The second-order valence-corrected chi connectivity index (χ2v) is 5.33. The molecule has 0 aromatic heterocycles. The van der Waals surface area contributed by atoms with Crippen LogP contribution in [0.4, 0.5) is 5.69 Å². The Morgan fingerprint density at radius 1 is 1.32 bits per heavy atom. The molecule has 2 N–H and O–H groups in total. The van der Waals surface area contributed by atoms with Crippen molar-refractivity contribution < 1.29 is 14.2 Å². The van der Waals surface area contributed by atoms with E-state index in [-0.39, 0.29) is 6.10 Å². The minimum Gasteiger partial charge on any atom is -0.491 e. The van der Waals surface area contributed by atoms with E-state index in [1.54, 1.807) is 0 Å². The average molecular weight is 265 g/mol. The van der Waals surface area contributed by atoms with Crippen molar-refractivity contribution in [2.45, 2.75) is 32.8 Å². The van der Waals surface area contributed by atoms with Crippen molar-refractivity contribution in [3.63, 3.8) is 0 Å². The van der Waals surface area contributed by atoms with Gasteiger partial charge in [-0.1, -0.05) is 13.8 Å². The van der Waals surface area contributed by atoms with E-state index in [0.29, 0.717) is 24.0 Å². The Morgan fingerprint density at radius 3 is 2.74 bits per heavy atom. The number of ether oxygens (including phenoxy) is 3. The molecular formula is C15H23NO3. The summed E-state index contributed by atoms with van der Waals surface area (Å²) in [5, 5.41) is 0. The van der Waals surface area contributed by atoms with Crippen LogP contribution in [0, 0.1) is 5.92 Å². The Hall–Kier alpha value is -1.42. The zero-order valence-corrected chi connectivity index (χ0v) is 11.7. The molecule has 4 nitrogen and oxygen atoms in total. The number of nitrogens with two attached hydrogens (primary N) is 1. The molecule has 1 fully saturated rings. The summed E-state index contributed by atoms with van der Waals surface area (Å²) in [5.74, 6) is 2.00. The molecule has 0 atom stereocenters. The van der Waals surface area contributed by atoms with Crippen molar-refractivity contribution in [1.82, 2.24) is 0 Å². The van der Waals surface area contributed by atoms with Crippen LogP contribution in [0.1, 0.15) is 26.7 Å². The van der Waals surface area contributed by atoms with Crippen LogP contribution >= 0.6 is 0 Å². The lowest BCUT2D eigenvalue weighted by molar-refractivity contribution is 0.0255. The molecule has 19 heavy (non-hydrogen) atoms. The molecule has 106 valence electrons. The maximum atomic E-state index is 5.94. The number of hydrogen-bond acceptors (Lipinski definition) is 4. The van der Waals surface area contributed by atoms with Crippen LogP contribution in [-0.2, 0) is 4.74 Å². The van der Waals surface area contributed by atoms with Crippen molar-refractivity contribution >= 4 is 5.69 Å². The topological polar surface area (TPSA) is 53.7 Å². The smallest absolute Gasteiger partial charge is 0.145 e. The van der Waals surface area contributed by atoms with Crippen LogP contribution in [-0.4, -0.2) is 25.9 Å². The predicted octanol–water partition coefficient (Wildman–Crippen LogP) is 2.86. The quantitative estimate of drug-likeness (QED) is 0.832. The van der Waals surface area contributed by atoms with Gasteiger partial charge in [-0.2, -0.15) is 0 Å². The molecule has 0 spiro atoms. The molecule has 1 saturated heterocycles. The van der Waals surface area contributed by atoms with Gasteiger partial charge in [0.1, 0.15) is 17.6 Å². The molecule has 1 heterocycles. The SMILES string of the molecule is CC(C)COc1cc(OC2CCOCC2)ccc1N. The van der Waals surface area contributed by atoms with Crippen LogP contribution in [0.25, 0.3) is 0 Å². The Kier molecular flexibility index (Phi) is 4.91. The molecule has 1 aliphatic rings. The normalized spacial score (nSPS) is 16.6. The average Bonchev–Trinajstić information content (AvgIpc) is 2.40. The Labute approximate surface area is 114 Å². The Bertz CT molecular complexity index is 400. The Morgan fingerprint density at radius 2 is 2.05 bits per heavy atom. The zero-order valence-electron chi connectivity index (χ0n) is 11.7. The second-order valence-electron chi connectivity index (χ2n) is 5.33. The van der Waals surface area contributed by atoms with Gasteiger partial charge in [-0.3, -0.25) is 0 Å². The third-order valence-electron chi connectivity index (χ3n) is 3.03. The summed E-state index contributed by atoms with van der Waals surface area (Å²) in [6, 6.07) is 5.62. The van der Waals surface area contributed by atoms with Crippen molar-refractivity contribution in [2.24, 2.45) is 5.92 Å². The highest BCUT2D eigenvalue weighted by Gasteiger charge is 2.16. The van der Waals surface area contributed by atoms with Crippen LogP contribution in [0.5, 0.6) is 11.5 Å². The largest absolute Gasteiger partial charge is 0.491 e. The van der Waals surface area contributed by atoms with Crippen molar-refractivity contribution in [1.29, 1.82) is 0 Å². The number of rotatable bonds is 5. The second kappa shape index (κ2) is 6.66. The lowest BCUT2D eigenvalue weighted by Gasteiger charge is -2.23. The molecule has 1 aromatic rings. The van der Waals surface area contributed by atoms with E-state index in [1.165, 1.54) is 0 Å². The monoisotopic (exact) mass is 265 g/mol. The van der Waals surface area contributed by atoms with Crippen LogP contribution in [0.2, 0.25) is 0 Å². The highest BCUT2D eigenvalue weighted by atomic mass is 16.5. The van der Waals surface area contributed by atoms with Gasteiger partial charge in [0.2, 0.25) is 0 Å². The fraction of sp³-hybridized carbons (Fsp3) is 0.600. The van der Waals surface area contributed by atoms with E-state index < -0.39 is 0 Å². The fourth-order valence-electron chi connectivity index (χ4n) is 1.96. The molecular weight excluding hydrogens is 242 g/mol.